The monoisotopic (exact) mass is 318 g/mol. The van der Waals surface area contributed by atoms with E-state index in [0.717, 1.165) is 12.1 Å². The molecule has 0 bridgehead atoms. The maximum absolute atomic E-state index is 11.9. The molecule has 0 atom stereocenters. The zero-order valence-corrected chi connectivity index (χ0v) is 13.4. The number of carbonyl (C=O) groups is 1. The molecule has 1 amide bonds. The van der Waals surface area contributed by atoms with E-state index in [1.807, 2.05) is 12.1 Å². The minimum atomic E-state index is -0.139. The quantitative estimate of drug-likeness (QED) is 0.857. The van der Waals surface area contributed by atoms with Crippen LogP contribution >= 0.6 is 11.6 Å². The number of halogens is 1. The van der Waals surface area contributed by atoms with Crippen LogP contribution in [0.5, 0.6) is 0 Å². The van der Waals surface area contributed by atoms with Crippen LogP contribution in [0.2, 0.25) is 5.02 Å². The summed E-state index contributed by atoms with van der Waals surface area (Å²) < 4.78 is 0. The number of nitrogens with one attached hydrogen (secondary N) is 2. The van der Waals surface area contributed by atoms with Crippen molar-refractivity contribution < 1.29 is 4.79 Å². The molecule has 116 valence electrons. The normalized spacial score (nSPS) is 10.5. The van der Waals surface area contributed by atoms with E-state index in [2.05, 4.69) is 34.7 Å². The van der Waals surface area contributed by atoms with Gasteiger partial charge >= 0.3 is 0 Å². The molecule has 0 saturated heterocycles. The van der Waals surface area contributed by atoms with Crippen LogP contribution in [-0.2, 0) is 11.2 Å². The number of hydrogen-bond donors (Lipinski definition) is 2. The molecule has 0 spiro atoms. The maximum Gasteiger partial charge on any atom is 0.229 e. The highest BCUT2D eigenvalue weighted by atomic mass is 35.5. The number of amides is 1. The fourth-order valence-corrected chi connectivity index (χ4v) is 1.90. The molecular formula is C16H19ClN4O. The van der Waals surface area contributed by atoms with Gasteiger partial charge in [-0.05, 0) is 35.7 Å². The molecule has 0 aliphatic carbocycles. The molecule has 0 radical (unpaired) electrons. The third kappa shape index (κ3) is 5.33. The Bertz CT molecular complexity index is 611. The summed E-state index contributed by atoms with van der Waals surface area (Å²) in [6, 6.07) is 10.7. The third-order valence-corrected chi connectivity index (χ3v) is 3.15. The van der Waals surface area contributed by atoms with Crippen LogP contribution in [0.15, 0.2) is 36.4 Å². The summed E-state index contributed by atoms with van der Waals surface area (Å²) >= 11 is 5.81. The first kappa shape index (κ1) is 16.2. The van der Waals surface area contributed by atoms with Crippen LogP contribution in [0.4, 0.5) is 11.6 Å². The van der Waals surface area contributed by atoms with E-state index in [1.165, 1.54) is 0 Å². The highest BCUT2D eigenvalue weighted by Crippen LogP contribution is 2.11. The van der Waals surface area contributed by atoms with Crippen molar-refractivity contribution in [3.05, 3.63) is 47.0 Å². The highest BCUT2D eigenvalue weighted by molar-refractivity contribution is 6.30. The fourth-order valence-electron chi connectivity index (χ4n) is 1.78. The molecule has 0 unspecified atom stereocenters. The van der Waals surface area contributed by atoms with E-state index < -0.39 is 0 Å². The summed E-state index contributed by atoms with van der Waals surface area (Å²) in [6.07, 6.45) is 0.270. The maximum atomic E-state index is 11.9. The predicted octanol–water partition coefficient (Wildman–Crippen LogP) is 3.38. The number of aromatic nitrogens is 2. The lowest BCUT2D eigenvalue weighted by Gasteiger charge is -2.08. The van der Waals surface area contributed by atoms with Gasteiger partial charge in [-0.25, -0.2) is 0 Å². The van der Waals surface area contributed by atoms with Gasteiger partial charge in [-0.15, -0.1) is 10.2 Å². The molecule has 2 N–H and O–H groups in total. The second-order valence-electron chi connectivity index (χ2n) is 5.43. The minimum absolute atomic E-state index is 0.139. The molecule has 2 aromatic rings. The third-order valence-electron chi connectivity index (χ3n) is 2.90. The highest BCUT2D eigenvalue weighted by Gasteiger charge is 2.06. The van der Waals surface area contributed by atoms with Gasteiger partial charge in [0.1, 0.15) is 5.82 Å². The Hall–Kier alpha value is -2.14. The second-order valence-corrected chi connectivity index (χ2v) is 5.87. The molecular weight excluding hydrogens is 300 g/mol. The van der Waals surface area contributed by atoms with Crippen molar-refractivity contribution in [2.24, 2.45) is 5.92 Å². The van der Waals surface area contributed by atoms with Crippen molar-refractivity contribution in [2.75, 3.05) is 17.2 Å². The Morgan fingerprint density at radius 1 is 1.09 bits per heavy atom. The minimum Gasteiger partial charge on any atom is -0.368 e. The van der Waals surface area contributed by atoms with E-state index in [1.54, 1.807) is 24.3 Å². The molecule has 0 aliphatic heterocycles. The Balaban J connectivity index is 1.87. The predicted molar refractivity (Wildman–Crippen MR) is 89.1 cm³/mol. The number of anilines is 2. The van der Waals surface area contributed by atoms with Crippen molar-refractivity contribution in [1.29, 1.82) is 0 Å². The van der Waals surface area contributed by atoms with Crippen molar-refractivity contribution >= 4 is 29.1 Å². The lowest BCUT2D eigenvalue weighted by atomic mass is 10.1. The summed E-state index contributed by atoms with van der Waals surface area (Å²) in [6.45, 7) is 5.06. The molecule has 2 rings (SSSR count). The Morgan fingerprint density at radius 3 is 2.32 bits per heavy atom. The first-order valence-electron chi connectivity index (χ1n) is 7.15. The van der Waals surface area contributed by atoms with Gasteiger partial charge in [0, 0.05) is 11.6 Å². The van der Waals surface area contributed by atoms with Gasteiger partial charge in [-0.2, -0.15) is 0 Å². The number of benzene rings is 1. The average Bonchev–Trinajstić information content (AvgIpc) is 2.49. The SMILES string of the molecule is CC(C)CNc1ccc(NC(=O)Cc2ccc(Cl)cc2)nn1. The van der Waals surface area contributed by atoms with Gasteiger partial charge in [-0.1, -0.05) is 37.6 Å². The molecule has 5 nitrogen and oxygen atoms in total. The van der Waals surface area contributed by atoms with Crippen molar-refractivity contribution in [3.8, 4) is 0 Å². The van der Waals surface area contributed by atoms with Crippen molar-refractivity contribution in [3.63, 3.8) is 0 Å². The fraction of sp³-hybridized carbons (Fsp3) is 0.312. The van der Waals surface area contributed by atoms with Gasteiger partial charge in [0.05, 0.1) is 6.42 Å². The van der Waals surface area contributed by atoms with E-state index in [0.29, 0.717) is 22.6 Å². The van der Waals surface area contributed by atoms with Crippen LogP contribution < -0.4 is 10.6 Å². The number of rotatable bonds is 6. The van der Waals surface area contributed by atoms with Crippen LogP contribution in [0.1, 0.15) is 19.4 Å². The van der Waals surface area contributed by atoms with Crippen LogP contribution in [0.3, 0.4) is 0 Å². The Kier molecular flexibility index (Phi) is 5.72. The Labute approximate surface area is 135 Å². The molecule has 6 heteroatoms. The first-order valence-corrected chi connectivity index (χ1v) is 7.52. The number of nitrogens with zero attached hydrogens (tertiary/aromatic N) is 2. The summed E-state index contributed by atoms with van der Waals surface area (Å²) in [5.74, 6) is 1.53. The summed E-state index contributed by atoms with van der Waals surface area (Å²) in [4.78, 5) is 11.9. The topological polar surface area (TPSA) is 66.9 Å². The van der Waals surface area contributed by atoms with Crippen LogP contribution in [-0.4, -0.2) is 22.6 Å². The Morgan fingerprint density at radius 2 is 1.73 bits per heavy atom. The molecule has 0 saturated carbocycles. The van der Waals surface area contributed by atoms with Gasteiger partial charge < -0.3 is 10.6 Å². The van der Waals surface area contributed by atoms with E-state index in [-0.39, 0.29) is 12.3 Å². The lowest BCUT2D eigenvalue weighted by molar-refractivity contribution is -0.115. The summed E-state index contributed by atoms with van der Waals surface area (Å²) in [7, 11) is 0. The zero-order valence-electron chi connectivity index (χ0n) is 12.6. The van der Waals surface area contributed by atoms with Crippen molar-refractivity contribution in [2.45, 2.75) is 20.3 Å². The van der Waals surface area contributed by atoms with E-state index in [4.69, 9.17) is 11.6 Å². The molecule has 22 heavy (non-hydrogen) atoms. The summed E-state index contributed by atoms with van der Waals surface area (Å²) in [5, 5.41) is 14.6. The van der Waals surface area contributed by atoms with E-state index in [9.17, 15) is 4.79 Å². The standard InChI is InChI=1S/C16H19ClN4O/c1-11(2)10-18-14-7-8-15(21-20-14)19-16(22)9-12-3-5-13(17)6-4-12/h3-8,11H,9-10H2,1-2H3,(H,18,20)(H,19,21,22). The largest absolute Gasteiger partial charge is 0.368 e. The van der Waals surface area contributed by atoms with Crippen LogP contribution in [0.25, 0.3) is 0 Å². The lowest BCUT2D eigenvalue weighted by Crippen LogP contribution is -2.16. The molecule has 0 fully saturated rings. The smallest absolute Gasteiger partial charge is 0.229 e. The second kappa shape index (κ2) is 7.75. The molecule has 1 aromatic carbocycles. The summed E-state index contributed by atoms with van der Waals surface area (Å²) in [5.41, 5.74) is 0.894. The number of carbonyl (C=O) groups excluding carboxylic acids is 1. The van der Waals surface area contributed by atoms with Gasteiger partial charge in [0.2, 0.25) is 5.91 Å². The molecule has 1 heterocycles. The van der Waals surface area contributed by atoms with E-state index >= 15 is 0 Å². The molecule has 1 aromatic heterocycles. The van der Waals surface area contributed by atoms with Gasteiger partial charge in [0.25, 0.3) is 0 Å². The number of hydrogen-bond acceptors (Lipinski definition) is 4. The van der Waals surface area contributed by atoms with Gasteiger partial charge in [-0.3, -0.25) is 4.79 Å². The van der Waals surface area contributed by atoms with Crippen molar-refractivity contribution in [1.82, 2.24) is 10.2 Å². The van der Waals surface area contributed by atoms with Crippen LogP contribution in [0, 0.1) is 5.92 Å². The molecule has 0 aliphatic rings. The first-order chi connectivity index (χ1) is 10.5. The average molecular weight is 319 g/mol. The zero-order chi connectivity index (χ0) is 15.9. The van der Waals surface area contributed by atoms with Gasteiger partial charge in [0.15, 0.2) is 5.82 Å².